The number of nitrogens with one attached hydrogen (secondary N) is 1. The first kappa shape index (κ1) is 15.4. The van der Waals surface area contributed by atoms with Crippen LogP contribution in [0.25, 0.3) is 0 Å². The summed E-state index contributed by atoms with van der Waals surface area (Å²) in [6.07, 6.45) is 0.440. The quantitative estimate of drug-likeness (QED) is 0.900. The molecule has 118 valence electrons. The van der Waals surface area contributed by atoms with Gasteiger partial charge in [0.25, 0.3) is 0 Å². The predicted octanol–water partition coefficient (Wildman–Crippen LogP) is 3.43. The number of amides is 1. The molecule has 1 fully saturated rings. The number of carbonyl (C=O) groups excluding carboxylic acids is 1. The van der Waals surface area contributed by atoms with E-state index in [0.29, 0.717) is 29.5 Å². The van der Waals surface area contributed by atoms with Crippen molar-refractivity contribution in [2.45, 2.75) is 12.3 Å². The van der Waals surface area contributed by atoms with E-state index in [1.54, 1.807) is 24.3 Å². The van der Waals surface area contributed by atoms with E-state index < -0.39 is 5.97 Å². The standard InChI is InChI=1S/C17H14ClNO4/c18-14-5-4-10(12-8-16(20)19-9-12)7-15(14)23-13-3-1-2-11(6-13)17(21)22/h1-7,12H,8-9H2,(H,19,20)(H,21,22). The van der Waals surface area contributed by atoms with Gasteiger partial charge in [-0.1, -0.05) is 23.7 Å². The van der Waals surface area contributed by atoms with Gasteiger partial charge < -0.3 is 15.2 Å². The summed E-state index contributed by atoms with van der Waals surface area (Å²) in [6.45, 7) is 0.592. The molecular formula is C17H14ClNO4. The van der Waals surface area contributed by atoms with Crippen LogP contribution in [0.3, 0.4) is 0 Å². The van der Waals surface area contributed by atoms with Crippen molar-refractivity contribution in [2.24, 2.45) is 0 Å². The molecule has 0 radical (unpaired) electrons. The van der Waals surface area contributed by atoms with Crippen LogP contribution in [-0.4, -0.2) is 23.5 Å². The molecule has 2 aromatic rings. The number of hydrogen-bond acceptors (Lipinski definition) is 3. The SMILES string of the molecule is O=C1CC(c2ccc(Cl)c(Oc3cccc(C(=O)O)c3)c2)CN1. The van der Waals surface area contributed by atoms with Crippen LogP contribution in [0.15, 0.2) is 42.5 Å². The van der Waals surface area contributed by atoms with E-state index in [1.165, 1.54) is 12.1 Å². The summed E-state index contributed by atoms with van der Waals surface area (Å²) in [4.78, 5) is 22.4. The minimum absolute atomic E-state index is 0.0292. The predicted molar refractivity (Wildman–Crippen MR) is 85.3 cm³/mol. The Morgan fingerprint density at radius 1 is 1.26 bits per heavy atom. The smallest absolute Gasteiger partial charge is 0.335 e. The average Bonchev–Trinajstić information content (AvgIpc) is 2.96. The molecule has 1 aliphatic heterocycles. The first-order valence-corrected chi connectivity index (χ1v) is 7.48. The zero-order valence-corrected chi connectivity index (χ0v) is 12.8. The summed E-state index contributed by atoms with van der Waals surface area (Å²) in [6, 6.07) is 11.6. The van der Waals surface area contributed by atoms with Crippen LogP contribution in [0, 0.1) is 0 Å². The van der Waals surface area contributed by atoms with Crippen molar-refractivity contribution in [3.8, 4) is 11.5 Å². The number of halogens is 1. The minimum atomic E-state index is -1.02. The summed E-state index contributed by atoms with van der Waals surface area (Å²) in [7, 11) is 0. The van der Waals surface area contributed by atoms with Gasteiger partial charge in [0, 0.05) is 18.9 Å². The van der Waals surface area contributed by atoms with Gasteiger partial charge in [-0.25, -0.2) is 4.79 Å². The number of carbonyl (C=O) groups is 2. The van der Waals surface area contributed by atoms with Crippen LogP contribution in [0.2, 0.25) is 5.02 Å². The Bertz CT molecular complexity index is 775. The molecule has 0 spiro atoms. The lowest BCUT2D eigenvalue weighted by Gasteiger charge is -2.13. The fourth-order valence-corrected chi connectivity index (χ4v) is 2.67. The van der Waals surface area contributed by atoms with Crippen molar-refractivity contribution in [3.63, 3.8) is 0 Å². The second-order valence-corrected chi connectivity index (χ2v) is 5.74. The highest BCUT2D eigenvalue weighted by atomic mass is 35.5. The number of ether oxygens (including phenoxy) is 1. The number of carboxylic acids is 1. The fraction of sp³-hybridized carbons (Fsp3) is 0.176. The van der Waals surface area contributed by atoms with Crippen molar-refractivity contribution in [1.82, 2.24) is 5.32 Å². The van der Waals surface area contributed by atoms with Gasteiger partial charge in [-0.2, -0.15) is 0 Å². The molecule has 0 aromatic heterocycles. The van der Waals surface area contributed by atoms with E-state index in [1.807, 2.05) is 6.07 Å². The molecule has 2 aromatic carbocycles. The van der Waals surface area contributed by atoms with Gasteiger partial charge in [-0.15, -0.1) is 0 Å². The van der Waals surface area contributed by atoms with Crippen molar-refractivity contribution in [1.29, 1.82) is 0 Å². The zero-order valence-electron chi connectivity index (χ0n) is 12.1. The molecule has 0 saturated carbocycles. The molecule has 1 saturated heterocycles. The van der Waals surface area contributed by atoms with Gasteiger partial charge in [-0.05, 0) is 35.9 Å². The lowest BCUT2D eigenvalue weighted by atomic mass is 9.98. The molecule has 23 heavy (non-hydrogen) atoms. The van der Waals surface area contributed by atoms with Crippen molar-refractivity contribution in [3.05, 3.63) is 58.6 Å². The Hall–Kier alpha value is -2.53. The van der Waals surface area contributed by atoms with Gasteiger partial charge in [0.05, 0.1) is 10.6 Å². The lowest BCUT2D eigenvalue weighted by molar-refractivity contribution is -0.119. The van der Waals surface area contributed by atoms with Crippen molar-refractivity contribution < 1.29 is 19.4 Å². The van der Waals surface area contributed by atoms with E-state index in [-0.39, 0.29) is 17.4 Å². The van der Waals surface area contributed by atoms with Crippen molar-refractivity contribution in [2.75, 3.05) is 6.54 Å². The Morgan fingerprint density at radius 2 is 2.09 bits per heavy atom. The maximum atomic E-state index is 11.3. The number of carboxylic acid groups (broad SMARTS) is 1. The molecule has 1 atom stereocenters. The molecular weight excluding hydrogens is 318 g/mol. The van der Waals surface area contributed by atoms with E-state index in [2.05, 4.69) is 5.32 Å². The Balaban J connectivity index is 1.86. The minimum Gasteiger partial charge on any atom is -0.478 e. The normalized spacial score (nSPS) is 16.9. The maximum Gasteiger partial charge on any atom is 0.335 e. The highest BCUT2D eigenvalue weighted by molar-refractivity contribution is 6.32. The van der Waals surface area contributed by atoms with Gasteiger partial charge >= 0.3 is 5.97 Å². The Morgan fingerprint density at radius 3 is 2.78 bits per heavy atom. The molecule has 1 aliphatic rings. The topological polar surface area (TPSA) is 75.6 Å². The fourth-order valence-electron chi connectivity index (χ4n) is 2.51. The highest BCUT2D eigenvalue weighted by Crippen LogP contribution is 2.34. The summed E-state index contributed by atoms with van der Waals surface area (Å²) in [5, 5.41) is 12.2. The molecule has 5 nitrogen and oxygen atoms in total. The number of aromatic carboxylic acids is 1. The lowest BCUT2D eigenvalue weighted by Crippen LogP contribution is -2.13. The molecule has 2 N–H and O–H groups in total. The van der Waals surface area contributed by atoms with E-state index in [4.69, 9.17) is 21.4 Å². The van der Waals surface area contributed by atoms with E-state index in [9.17, 15) is 9.59 Å². The van der Waals surface area contributed by atoms with Crippen LogP contribution in [0.5, 0.6) is 11.5 Å². The third-order valence-electron chi connectivity index (χ3n) is 3.71. The monoisotopic (exact) mass is 331 g/mol. The third-order valence-corrected chi connectivity index (χ3v) is 4.03. The van der Waals surface area contributed by atoms with Gasteiger partial charge in [-0.3, -0.25) is 4.79 Å². The second-order valence-electron chi connectivity index (χ2n) is 5.33. The summed E-state index contributed by atoms with van der Waals surface area (Å²) >= 11 is 6.16. The number of benzene rings is 2. The highest BCUT2D eigenvalue weighted by Gasteiger charge is 2.23. The van der Waals surface area contributed by atoms with Crippen LogP contribution in [0.1, 0.15) is 28.3 Å². The van der Waals surface area contributed by atoms with Crippen LogP contribution in [-0.2, 0) is 4.79 Å². The first-order chi connectivity index (χ1) is 11.0. The van der Waals surface area contributed by atoms with Crippen molar-refractivity contribution >= 4 is 23.5 Å². The van der Waals surface area contributed by atoms with Crippen LogP contribution >= 0.6 is 11.6 Å². The maximum absolute atomic E-state index is 11.3. The largest absolute Gasteiger partial charge is 0.478 e. The molecule has 3 rings (SSSR count). The van der Waals surface area contributed by atoms with Gasteiger partial charge in [0.1, 0.15) is 11.5 Å². The third kappa shape index (κ3) is 3.46. The van der Waals surface area contributed by atoms with Gasteiger partial charge in [0.2, 0.25) is 5.91 Å². The number of hydrogen-bond donors (Lipinski definition) is 2. The Labute approximate surface area is 137 Å². The Kier molecular flexibility index (Phi) is 4.21. The molecule has 1 amide bonds. The van der Waals surface area contributed by atoms with Crippen LogP contribution in [0.4, 0.5) is 0 Å². The second kappa shape index (κ2) is 6.30. The molecule has 6 heteroatoms. The molecule has 0 bridgehead atoms. The summed E-state index contributed by atoms with van der Waals surface area (Å²) in [5.41, 5.74) is 1.09. The summed E-state index contributed by atoms with van der Waals surface area (Å²) < 4.78 is 5.73. The molecule has 1 unspecified atom stereocenters. The average molecular weight is 332 g/mol. The first-order valence-electron chi connectivity index (χ1n) is 7.10. The van der Waals surface area contributed by atoms with Crippen LogP contribution < -0.4 is 10.1 Å². The van der Waals surface area contributed by atoms with E-state index in [0.717, 1.165) is 5.56 Å². The van der Waals surface area contributed by atoms with Gasteiger partial charge in [0.15, 0.2) is 0 Å². The van der Waals surface area contributed by atoms with E-state index >= 15 is 0 Å². The zero-order chi connectivity index (χ0) is 16.4. The molecule has 0 aliphatic carbocycles. The molecule has 1 heterocycles. The summed E-state index contributed by atoms with van der Waals surface area (Å²) in [5.74, 6) is -0.0736. The number of rotatable bonds is 4.